The third kappa shape index (κ3) is 3.75. The first kappa shape index (κ1) is 15.8. The van der Waals surface area contributed by atoms with E-state index in [1.807, 2.05) is 13.8 Å². The molecule has 1 aliphatic rings. The molecule has 6 heteroatoms. The summed E-state index contributed by atoms with van der Waals surface area (Å²) in [6.07, 6.45) is 2.40. The van der Waals surface area contributed by atoms with Gasteiger partial charge in [0, 0.05) is 18.2 Å². The standard InChI is InChI=1S/C15H22N2O3S/c1-3-12(2)16-15(18)13-7-6-8-14(11-13)17-9-4-5-10-21(17,19)20/h6-8,11-12H,3-5,9-10H2,1-2H3,(H,16,18)/t12-/m0/s1. The maximum atomic E-state index is 12.1. The molecule has 0 aromatic heterocycles. The maximum absolute atomic E-state index is 12.1. The summed E-state index contributed by atoms with van der Waals surface area (Å²) in [6.45, 7) is 4.43. The zero-order chi connectivity index (χ0) is 15.5. The zero-order valence-electron chi connectivity index (χ0n) is 12.5. The van der Waals surface area contributed by atoms with Gasteiger partial charge < -0.3 is 5.32 Å². The van der Waals surface area contributed by atoms with Crippen molar-refractivity contribution in [3.63, 3.8) is 0 Å². The minimum Gasteiger partial charge on any atom is -0.350 e. The van der Waals surface area contributed by atoms with Crippen LogP contribution in [0.4, 0.5) is 5.69 Å². The number of rotatable bonds is 4. The molecule has 1 amide bonds. The summed E-state index contributed by atoms with van der Waals surface area (Å²) in [5.74, 6) is 0.0108. The molecular formula is C15H22N2O3S. The minimum absolute atomic E-state index is 0.0971. The number of amides is 1. The van der Waals surface area contributed by atoms with Crippen LogP contribution in [0.2, 0.25) is 0 Å². The van der Waals surface area contributed by atoms with Gasteiger partial charge in [-0.2, -0.15) is 0 Å². The summed E-state index contributed by atoms with van der Waals surface area (Å²) >= 11 is 0. The molecule has 0 saturated carbocycles. The highest BCUT2D eigenvalue weighted by molar-refractivity contribution is 7.92. The lowest BCUT2D eigenvalue weighted by Crippen LogP contribution is -2.38. The molecule has 1 aromatic rings. The Hall–Kier alpha value is -1.56. The van der Waals surface area contributed by atoms with Crippen molar-refractivity contribution in [2.24, 2.45) is 0 Å². The van der Waals surface area contributed by atoms with Crippen LogP contribution in [0.25, 0.3) is 0 Å². The van der Waals surface area contributed by atoms with Crippen LogP contribution in [0.1, 0.15) is 43.5 Å². The molecule has 0 aliphatic carbocycles. The highest BCUT2D eigenvalue weighted by Gasteiger charge is 2.26. The normalized spacial score (nSPS) is 19.0. The Morgan fingerprint density at radius 3 is 2.81 bits per heavy atom. The summed E-state index contributed by atoms with van der Waals surface area (Å²) < 4.78 is 25.6. The van der Waals surface area contributed by atoms with Gasteiger partial charge in [-0.05, 0) is 44.4 Å². The van der Waals surface area contributed by atoms with Crippen LogP contribution >= 0.6 is 0 Å². The molecule has 1 heterocycles. The minimum atomic E-state index is -3.25. The van der Waals surface area contributed by atoms with E-state index >= 15 is 0 Å². The van der Waals surface area contributed by atoms with E-state index in [1.54, 1.807) is 24.3 Å². The van der Waals surface area contributed by atoms with E-state index in [1.165, 1.54) is 4.31 Å². The van der Waals surface area contributed by atoms with Crippen LogP contribution in [-0.2, 0) is 10.0 Å². The van der Waals surface area contributed by atoms with Crippen molar-refractivity contribution < 1.29 is 13.2 Å². The molecule has 1 N–H and O–H groups in total. The first-order valence-electron chi connectivity index (χ1n) is 7.35. The molecule has 1 aliphatic heterocycles. The highest BCUT2D eigenvalue weighted by atomic mass is 32.2. The van der Waals surface area contributed by atoms with E-state index in [9.17, 15) is 13.2 Å². The predicted molar refractivity (Wildman–Crippen MR) is 84.0 cm³/mol. The first-order chi connectivity index (χ1) is 9.94. The largest absolute Gasteiger partial charge is 0.350 e. The Balaban J connectivity index is 2.23. The Kier molecular flexibility index (Phi) is 4.88. The van der Waals surface area contributed by atoms with Gasteiger partial charge in [-0.25, -0.2) is 8.42 Å². The summed E-state index contributed by atoms with van der Waals surface area (Å²) in [6, 6.07) is 6.92. The van der Waals surface area contributed by atoms with Crippen LogP contribution in [0.5, 0.6) is 0 Å². The molecule has 0 radical (unpaired) electrons. The predicted octanol–water partition coefficient (Wildman–Crippen LogP) is 2.14. The number of nitrogens with zero attached hydrogens (tertiary/aromatic N) is 1. The van der Waals surface area contributed by atoms with Crippen molar-refractivity contribution in [2.45, 2.75) is 39.2 Å². The molecule has 0 spiro atoms. The van der Waals surface area contributed by atoms with E-state index in [4.69, 9.17) is 0 Å². The van der Waals surface area contributed by atoms with Crippen molar-refractivity contribution in [1.29, 1.82) is 0 Å². The van der Waals surface area contributed by atoms with Gasteiger partial charge >= 0.3 is 0 Å². The van der Waals surface area contributed by atoms with Crippen LogP contribution < -0.4 is 9.62 Å². The van der Waals surface area contributed by atoms with Crippen LogP contribution in [-0.4, -0.2) is 32.7 Å². The van der Waals surface area contributed by atoms with Crippen LogP contribution in [0, 0.1) is 0 Å². The molecule has 2 rings (SSSR count). The smallest absolute Gasteiger partial charge is 0.251 e. The van der Waals surface area contributed by atoms with Crippen LogP contribution in [0.3, 0.4) is 0 Å². The summed E-state index contributed by atoms with van der Waals surface area (Å²) in [7, 11) is -3.25. The monoisotopic (exact) mass is 310 g/mol. The van der Waals surface area contributed by atoms with E-state index < -0.39 is 10.0 Å². The number of nitrogens with one attached hydrogen (secondary N) is 1. The van der Waals surface area contributed by atoms with Gasteiger partial charge in [0.2, 0.25) is 10.0 Å². The third-order valence-corrected chi connectivity index (χ3v) is 5.61. The van der Waals surface area contributed by atoms with Gasteiger partial charge in [0.05, 0.1) is 11.4 Å². The van der Waals surface area contributed by atoms with E-state index in [2.05, 4.69) is 5.32 Å². The zero-order valence-corrected chi connectivity index (χ0v) is 13.3. The molecule has 116 valence electrons. The SMILES string of the molecule is CC[C@H](C)NC(=O)c1cccc(N2CCCCS2(=O)=O)c1. The van der Waals surface area contributed by atoms with E-state index in [-0.39, 0.29) is 17.7 Å². The summed E-state index contributed by atoms with van der Waals surface area (Å²) in [5, 5.41) is 2.89. The van der Waals surface area contributed by atoms with Crippen molar-refractivity contribution in [3.8, 4) is 0 Å². The third-order valence-electron chi connectivity index (χ3n) is 3.74. The second-order valence-corrected chi connectivity index (χ2v) is 7.44. The Bertz CT molecular complexity index is 613. The number of hydrogen-bond acceptors (Lipinski definition) is 3. The maximum Gasteiger partial charge on any atom is 0.251 e. The second-order valence-electron chi connectivity index (χ2n) is 5.43. The molecule has 5 nitrogen and oxygen atoms in total. The van der Waals surface area contributed by atoms with Crippen molar-refractivity contribution in [2.75, 3.05) is 16.6 Å². The fraction of sp³-hybridized carbons (Fsp3) is 0.533. The van der Waals surface area contributed by atoms with Crippen LogP contribution in [0.15, 0.2) is 24.3 Å². The number of anilines is 1. The molecule has 21 heavy (non-hydrogen) atoms. The van der Waals surface area contributed by atoms with Gasteiger partial charge in [-0.15, -0.1) is 0 Å². The Morgan fingerprint density at radius 2 is 2.14 bits per heavy atom. The van der Waals surface area contributed by atoms with Gasteiger partial charge in [0.15, 0.2) is 0 Å². The fourth-order valence-corrected chi connectivity index (χ4v) is 3.92. The topological polar surface area (TPSA) is 66.5 Å². The average molecular weight is 310 g/mol. The van der Waals surface area contributed by atoms with Gasteiger partial charge in [-0.3, -0.25) is 9.10 Å². The molecule has 1 aromatic carbocycles. The van der Waals surface area contributed by atoms with Crippen molar-refractivity contribution in [1.82, 2.24) is 5.32 Å². The molecule has 1 atom stereocenters. The van der Waals surface area contributed by atoms with E-state index in [0.717, 1.165) is 12.8 Å². The van der Waals surface area contributed by atoms with Crippen molar-refractivity contribution >= 4 is 21.6 Å². The molecular weight excluding hydrogens is 288 g/mol. The number of carbonyl (C=O) groups is 1. The van der Waals surface area contributed by atoms with Gasteiger partial charge in [-0.1, -0.05) is 13.0 Å². The highest BCUT2D eigenvalue weighted by Crippen LogP contribution is 2.24. The quantitative estimate of drug-likeness (QED) is 0.926. The average Bonchev–Trinajstić information content (AvgIpc) is 2.46. The Labute approximate surface area is 126 Å². The Morgan fingerprint density at radius 1 is 1.38 bits per heavy atom. The number of benzene rings is 1. The summed E-state index contributed by atoms with van der Waals surface area (Å²) in [5.41, 5.74) is 1.07. The number of sulfonamides is 1. The van der Waals surface area contributed by atoms with Gasteiger partial charge in [0.25, 0.3) is 5.91 Å². The lowest BCUT2D eigenvalue weighted by molar-refractivity contribution is 0.0939. The molecule has 0 unspecified atom stereocenters. The summed E-state index contributed by atoms with van der Waals surface area (Å²) in [4.78, 5) is 12.1. The second kappa shape index (κ2) is 6.47. The molecule has 1 fully saturated rings. The number of carbonyl (C=O) groups excluding carboxylic acids is 1. The first-order valence-corrected chi connectivity index (χ1v) is 8.96. The number of hydrogen-bond donors (Lipinski definition) is 1. The van der Waals surface area contributed by atoms with Gasteiger partial charge in [0.1, 0.15) is 0 Å². The lowest BCUT2D eigenvalue weighted by atomic mass is 10.1. The lowest BCUT2D eigenvalue weighted by Gasteiger charge is -2.28. The molecule has 1 saturated heterocycles. The van der Waals surface area contributed by atoms with Crippen molar-refractivity contribution in [3.05, 3.63) is 29.8 Å². The molecule has 0 bridgehead atoms. The van der Waals surface area contributed by atoms with E-state index in [0.29, 0.717) is 24.2 Å². The fourth-order valence-electron chi connectivity index (χ4n) is 2.29.